The molecule has 2 heterocycles. The molecule has 1 N–H and O–H groups in total. The fraction of sp³-hybridized carbons (Fsp3) is 0.308. The van der Waals surface area contributed by atoms with Crippen LogP contribution in [0.4, 0.5) is 5.82 Å². The minimum atomic E-state index is 0.616. The number of aryl methyl sites for hydroxylation is 3. The highest BCUT2D eigenvalue weighted by Crippen LogP contribution is 2.18. The Hall–Kier alpha value is -1.93. The minimum Gasteiger partial charge on any atom is -0.365 e. The normalized spacial score (nSPS) is 10.1. The molecule has 0 aromatic carbocycles. The van der Waals surface area contributed by atoms with Gasteiger partial charge in [-0.15, -0.1) is 11.3 Å². The summed E-state index contributed by atoms with van der Waals surface area (Å²) in [6, 6.07) is 5.73. The molecular weight excluding hydrogens is 244 g/mol. The Kier molecular flexibility index (Phi) is 3.58. The lowest BCUT2D eigenvalue weighted by Gasteiger charge is -2.06. The van der Waals surface area contributed by atoms with Crippen molar-refractivity contribution < 1.29 is 0 Å². The predicted octanol–water partition coefficient (Wildman–Crippen LogP) is 2.95. The molecule has 0 radical (unpaired) electrons. The maximum Gasteiger partial charge on any atom is 0.126 e. The van der Waals surface area contributed by atoms with E-state index in [9.17, 15) is 0 Å². The van der Waals surface area contributed by atoms with Gasteiger partial charge >= 0.3 is 0 Å². The number of nitrogens with one attached hydrogen (secondary N) is 1. The van der Waals surface area contributed by atoms with Crippen molar-refractivity contribution in [2.75, 3.05) is 5.32 Å². The molecule has 0 fully saturated rings. The Labute approximate surface area is 110 Å². The van der Waals surface area contributed by atoms with Crippen LogP contribution in [0.15, 0.2) is 12.1 Å². The summed E-state index contributed by atoms with van der Waals surface area (Å²) in [6.07, 6.45) is 0. The molecule has 0 aliphatic carbocycles. The Morgan fingerprint density at radius 2 is 2.00 bits per heavy atom. The maximum atomic E-state index is 8.84. The Morgan fingerprint density at radius 3 is 2.56 bits per heavy atom. The van der Waals surface area contributed by atoms with Crippen LogP contribution >= 0.6 is 11.3 Å². The Bertz CT molecular complexity index is 610. The van der Waals surface area contributed by atoms with Crippen LogP contribution in [0, 0.1) is 32.1 Å². The standard InChI is InChI=1S/C13H14N4S/c1-8-11(6-14)4-5-13(17-8)15-7-12-9(2)16-10(3)18-12/h4-5H,7H2,1-3H3,(H,15,17). The summed E-state index contributed by atoms with van der Waals surface area (Å²) in [5.74, 6) is 0.789. The summed E-state index contributed by atoms with van der Waals surface area (Å²) in [4.78, 5) is 9.95. The van der Waals surface area contributed by atoms with E-state index < -0.39 is 0 Å². The topological polar surface area (TPSA) is 61.6 Å². The smallest absolute Gasteiger partial charge is 0.126 e. The van der Waals surface area contributed by atoms with Crippen LogP contribution < -0.4 is 5.32 Å². The maximum absolute atomic E-state index is 8.84. The van der Waals surface area contributed by atoms with Gasteiger partial charge in [-0.05, 0) is 32.9 Å². The highest BCUT2D eigenvalue weighted by molar-refractivity contribution is 7.11. The first kappa shape index (κ1) is 12.5. The van der Waals surface area contributed by atoms with E-state index in [0.29, 0.717) is 5.56 Å². The van der Waals surface area contributed by atoms with Crippen LogP contribution in [0.2, 0.25) is 0 Å². The monoisotopic (exact) mass is 258 g/mol. The van der Waals surface area contributed by atoms with E-state index in [-0.39, 0.29) is 0 Å². The Balaban J connectivity index is 2.09. The third-order valence-electron chi connectivity index (χ3n) is 2.64. The van der Waals surface area contributed by atoms with Gasteiger partial charge in [-0.1, -0.05) is 0 Å². The van der Waals surface area contributed by atoms with E-state index in [1.54, 1.807) is 17.4 Å². The molecule has 18 heavy (non-hydrogen) atoms. The molecule has 2 rings (SSSR count). The van der Waals surface area contributed by atoms with Gasteiger partial charge in [-0.25, -0.2) is 9.97 Å². The summed E-state index contributed by atoms with van der Waals surface area (Å²) in [7, 11) is 0. The summed E-state index contributed by atoms with van der Waals surface area (Å²) in [5.41, 5.74) is 2.43. The SMILES string of the molecule is Cc1nc(C)c(CNc2ccc(C#N)c(C)n2)s1. The van der Waals surface area contributed by atoms with E-state index in [2.05, 4.69) is 21.4 Å². The van der Waals surface area contributed by atoms with Crippen LogP contribution in [0.3, 0.4) is 0 Å². The first-order valence-corrected chi connectivity index (χ1v) is 6.46. The highest BCUT2D eigenvalue weighted by atomic mass is 32.1. The van der Waals surface area contributed by atoms with E-state index in [1.807, 2.05) is 26.8 Å². The molecule has 2 aromatic heterocycles. The molecule has 92 valence electrons. The average Bonchev–Trinajstić information content (AvgIpc) is 2.65. The van der Waals surface area contributed by atoms with Gasteiger partial charge in [0.1, 0.15) is 11.9 Å². The number of nitriles is 1. The zero-order chi connectivity index (χ0) is 13.1. The van der Waals surface area contributed by atoms with Crippen molar-refractivity contribution in [1.82, 2.24) is 9.97 Å². The molecular formula is C13H14N4S. The van der Waals surface area contributed by atoms with Gasteiger partial charge in [0, 0.05) is 4.88 Å². The molecule has 0 saturated carbocycles. The molecule has 0 unspecified atom stereocenters. The van der Waals surface area contributed by atoms with Crippen molar-refractivity contribution in [2.45, 2.75) is 27.3 Å². The van der Waals surface area contributed by atoms with E-state index in [1.165, 1.54) is 4.88 Å². The van der Waals surface area contributed by atoms with Crippen LogP contribution in [0.25, 0.3) is 0 Å². The van der Waals surface area contributed by atoms with Crippen LogP contribution in [-0.4, -0.2) is 9.97 Å². The fourth-order valence-electron chi connectivity index (χ4n) is 1.69. The molecule has 5 heteroatoms. The number of rotatable bonds is 3. The fourth-order valence-corrected chi connectivity index (χ4v) is 2.56. The second kappa shape index (κ2) is 5.15. The van der Waals surface area contributed by atoms with Gasteiger partial charge in [-0.2, -0.15) is 5.26 Å². The number of hydrogen-bond acceptors (Lipinski definition) is 5. The van der Waals surface area contributed by atoms with Crippen LogP contribution in [0.1, 0.15) is 26.8 Å². The second-order valence-corrected chi connectivity index (χ2v) is 5.32. The highest BCUT2D eigenvalue weighted by Gasteiger charge is 2.05. The largest absolute Gasteiger partial charge is 0.365 e. The summed E-state index contributed by atoms with van der Waals surface area (Å²) >= 11 is 1.69. The summed E-state index contributed by atoms with van der Waals surface area (Å²) in [5, 5.41) is 13.2. The molecule has 0 aliphatic heterocycles. The van der Waals surface area contributed by atoms with Crippen LogP contribution in [0.5, 0.6) is 0 Å². The summed E-state index contributed by atoms with van der Waals surface area (Å²) < 4.78 is 0. The molecule has 2 aromatic rings. The van der Waals surface area contributed by atoms with Gasteiger partial charge in [0.25, 0.3) is 0 Å². The van der Waals surface area contributed by atoms with E-state index in [0.717, 1.165) is 28.8 Å². The van der Waals surface area contributed by atoms with Crippen LogP contribution in [-0.2, 0) is 6.54 Å². The lowest BCUT2D eigenvalue weighted by molar-refractivity contribution is 1.07. The zero-order valence-corrected chi connectivity index (χ0v) is 11.4. The lowest BCUT2D eigenvalue weighted by Crippen LogP contribution is -2.02. The van der Waals surface area contributed by atoms with Crippen molar-refractivity contribution in [1.29, 1.82) is 5.26 Å². The van der Waals surface area contributed by atoms with E-state index in [4.69, 9.17) is 5.26 Å². The predicted molar refractivity (Wildman–Crippen MR) is 72.6 cm³/mol. The van der Waals surface area contributed by atoms with Gasteiger partial charge < -0.3 is 5.32 Å². The third kappa shape index (κ3) is 2.66. The Morgan fingerprint density at radius 1 is 1.22 bits per heavy atom. The molecule has 0 atom stereocenters. The number of aromatic nitrogens is 2. The number of pyridine rings is 1. The number of thiazole rings is 1. The quantitative estimate of drug-likeness (QED) is 0.919. The van der Waals surface area contributed by atoms with Crippen molar-refractivity contribution in [3.63, 3.8) is 0 Å². The molecule has 0 bridgehead atoms. The molecule has 0 aliphatic rings. The first-order chi connectivity index (χ1) is 8.60. The van der Waals surface area contributed by atoms with Gasteiger partial charge in [0.15, 0.2) is 0 Å². The third-order valence-corrected chi connectivity index (χ3v) is 3.71. The molecule has 4 nitrogen and oxygen atoms in total. The van der Waals surface area contributed by atoms with Crippen molar-refractivity contribution in [2.24, 2.45) is 0 Å². The second-order valence-electron chi connectivity index (χ2n) is 4.04. The van der Waals surface area contributed by atoms with Crippen molar-refractivity contribution in [3.05, 3.63) is 39.0 Å². The first-order valence-electron chi connectivity index (χ1n) is 5.64. The minimum absolute atomic E-state index is 0.616. The molecule has 0 amide bonds. The van der Waals surface area contributed by atoms with Gasteiger partial charge in [0.05, 0.1) is 28.5 Å². The number of anilines is 1. The molecule has 0 saturated heterocycles. The summed E-state index contributed by atoms with van der Waals surface area (Å²) in [6.45, 7) is 6.57. The zero-order valence-electron chi connectivity index (χ0n) is 10.6. The van der Waals surface area contributed by atoms with Crippen molar-refractivity contribution >= 4 is 17.2 Å². The van der Waals surface area contributed by atoms with Gasteiger partial charge in [-0.3, -0.25) is 0 Å². The van der Waals surface area contributed by atoms with Gasteiger partial charge in [0.2, 0.25) is 0 Å². The molecule has 0 spiro atoms. The average molecular weight is 258 g/mol. The van der Waals surface area contributed by atoms with Crippen molar-refractivity contribution in [3.8, 4) is 6.07 Å². The number of nitrogens with zero attached hydrogens (tertiary/aromatic N) is 3. The number of hydrogen-bond donors (Lipinski definition) is 1. The van der Waals surface area contributed by atoms with E-state index >= 15 is 0 Å². The lowest BCUT2D eigenvalue weighted by atomic mass is 10.2.